The minimum Gasteiger partial charge on any atom is -0.480 e. The fraction of sp³-hybridized carbons (Fsp3) is 0.350. The van der Waals surface area contributed by atoms with E-state index in [4.69, 9.17) is 16.6 Å². The van der Waals surface area contributed by atoms with E-state index in [0.29, 0.717) is 0 Å². The van der Waals surface area contributed by atoms with Crippen LogP contribution in [0.25, 0.3) is 10.9 Å². The first-order valence-corrected chi connectivity index (χ1v) is 10.6. The first-order chi connectivity index (χ1) is 15.6. The highest BCUT2D eigenvalue weighted by Gasteiger charge is 2.27. The van der Waals surface area contributed by atoms with Gasteiger partial charge in [0.1, 0.15) is 12.1 Å². The number of carbonyl (C=O) groups excluding carboxylic acids is 4. The maximum Gasteiger partial charge on any atom is 0.327 e. The van der Waals surface area contributed by atoms with Crippen LogP contribution in [0.5, 0.6) is 0 Å². The lowest BCUT2D eigenvalue weighted by Gasteiger charge is -2.20. The van der Waals surface area contributed by atoms with E-state index in [9.17, 15) is 24.0 Å². The summed E-state index contributed by atoms with van der Waals surface area (Å²) in [7, 11) is 0. The normalized spacial score (nSPS) is 13.5. The Kier molecular flexibility index (Phi) is 9.24. The predicted octanol–water partition coefficient (Wildman–Crippen LogP) is -1.99. The average Bonchev–Trinajstić information content (AvgIpc) is 3.17. The number of hydrogen-bond acceptors (Lipinski definition) is 7. The number of hydrogen-bond donors (Lipinski definition) is 8. The zero-order valence-electron chi connectivity index (χ0n) is 17.5. The fourth-order valence-electron chi connectivity index (χ4n) is 3.04. The van der Waals surface area contributed by atoms with Crippen LogP contribution in [0.4, 0.5) is 0 Å². The van der Waals surface area contributed by atoms with Gasteiger partial charge in [0, 0.05) is 22.9 Å². The molecule has 0 fully saturated rings. The molecule has 1 aromatic carbocycles. The highest BCUT2D eigenvalue weighted by molar-refractivity contribution is 7.80. The summed E-state index contributed by atoms with van der Waals surface area (Å²) in [6, 6.07) is 3.85. The van der Waals surface area contributed by atoms with Gasteiger partial charge < -0.3 is 37.5 Å². The number of fused-ring (bicyclic) bond motifs is 1. The Morgan fingerprint density at radius 2 is 1.76 bits per heavy atom. The van der Waals surface area contributed by atoms with Gasteiger partial charge in [0.25, 0.3) is 0 Å². The van der Waals surface area contributed by atoms with Crippen LogP contribution in [-0.2, 0) is 30.4 Å². The van der Waals surface area contributed by atoms with E-state index in [-0.39, 0.29) is 12.2 Å². The van der Waals surface area contributed by atoms with Crippen molar-refractivity contribution in [3.8, 4) is 0 Å². The van der Waals surface area contributed by atoms with Crippen LogP contribution in [0.3, 0.4) is 0 Å². The lowest BCUT2D eigenvalue weighted by molar-refractivity contribution is -0.141. The minimum atomic E-state index is -1.36. The number of H-pyrrole nitrogens is 1. The standard InChI is InChI=1S/C20H26N6O6S/c21-12(5-10-7-23-13-4-2-1-3-11(10)13)18(29)26-14(6-16(22)27)19(30)24-8-17(28)25-15(9-33)20(31)32/h1-4,7,12,14-15,23,33H,5-6,8-9,21H2,(H2,22,27)(H,24,30)(H,25,28)(H,26,29)(H,31,32). The molecule has 0 aliphatic carbocycles. The number of nitrogens with two attached hydrogens (primary N) is 2. The number of benzene rings is 1. The number of carboxylic acids is 1. The number of nitrogens with one attached hydrogen (secondary N) is 4. The summed E-state index contributed by atoms with van der Waals surface area (Å²) >= 11 is 3.82. The summed E-state index contributed by atoms with van der Waals surface area (Å²) in [5.74, 6) is -4.62. The third-order valence-electron chi connectivity index (χ3n) is 4.73. The lowest BCUT2D eigenvalue weighted by Crippen LogP contribution is -2.54. The Balaban J connectivity index is 1.96. The average molecular weight is 479 g/mol. The fourth-order valence-corrected chi connectivity index (χ4v) is 3.29. The molecule has 0 saturated heterocycles. The number of carboxylic acid groups (broad SMARTS) is 1. The number of primary amides is 1. The SMILES string of the molecule is NC(=O)CC(NC(=O)C(N)Cc1c[nH]c2ccccc12)C(=O)NCC(=O)NC(CS)C(=O)O. The molecule has 3 atom stereocenters. The molecule has 4 amide bonds. The van der Waals surface area contributed by atoms with Crippen LogP contribution < -0.4 is 27.4 Å². The van der Waals surface area contributed by atoms with E-state index in [1.165, 1.54) is 0 Å². The van der Waals surface area contributed by atoms with Crippen molar-refractivity contribution in [3.63, 3.8) is 0 Å². The van der Waals surface area contributed by atoms with Crippen LogP contribution in [0.15, 0.2) is 30.5 Å². The molecule has 2 aromatic rings. The molecule has 0 radical (unpaired) electrons. The smallest absolute Gasteiger partial charge is 0.327 e. The second-order valence-corrected chi connectivity index (χ2v) is 7.63. The molecule has 0 bridgehead atoms. The van der Waals surface area contributed by atoms with Gasteiger partial charge in [-0.15, -0.1) is 0 Å². The van der Waals surface area contributed by atoms with E-state index in [2.05, 4.69) is 33.6 Å². The number of thiol groups is 1. The highest BCUT2D eigenvalue weighted by atomic mass is 32.1. The molecule has 9 N–H and O–H groups in total. The summed E-state index contributed by atoms with van der Waals surface area (Å²) in [6.45, 7) is -0.580. The Labute approximate surface area is 194 Å². The van der Waals surface area contributed by atoms with Crippen LogP contribution in [0, 0.1) is 0 Å². The molecule has 178 valence electrons. The van der Waals surface area contributed by atoms with Gasteiger partial charge >= 0.3 is 5.97 Å². The first-order valence-electron chi connectivity index (χ1n) is 9.92. The number of aliphatic carboxylic acids is 1. The molecule has 12 nitrogen and oxygen atoms in total. The number of aromatic amines is 1. The molecular formula is C20H26N6O6S. The maximum atomic E-state index is 12.6. The van der Waals surface area contributed by atoms with Gasteiger partial charge in [0.15, 0.2) is 0 Å². The molecule has 0 aliphatic rings. The molecule has 0 aliphatic heterocycles. The molecule has 0 spiro atoms. The van der Waals surface area contributed by atoms with Crippen molar-refractivity contribution in [2.45, 2.75) is 31.0 Å². The van der Waals surface area contributed by atoms with Crippen molar-refractivity contribution in [2.24, 2.45) is 11.5 Å². The monoisotopic (exact) mass is 478 g/mol. The van der Waals surface area contributed by atoms with Gasteiger partial charge in [0.05, 0.1) is 19.0 Å². The molecule has 13 heteroatoms. The maximum absolute atomic E-state index is 12.6. The predicted molar refractivity (Wildman–Crippen MR) is 122 cm³/mol. The van der Waals surface area contributed by atoms with Crippen LogP contribution in [0.2, 0.25) is 0 Å². The molecule has 3 unspecified atom stereocenters. The quantitative estimate of drug-likeness (QED) is 0.161. The van der Waals surface area contributed by atoms with Crippen molar-refractivity contribution < 1.29 is 29.1 Å². The van der Waals surface area contributed by atoms with E-state index in [1.54, 1.807) is 6.20 Å². The van der Waals surface area contributed by atoms with Crippen molar-refractivity contribution in [3.05, 3.63) is 36.0 Å². The highest BCUT2D eigenvalue weighted by Crippen LogP contribution is 2.18. The van der Waals surface area contributed by atoms with E-state index < -0.39 is 60.7 Å². The molecule has 1 heterocycles. The summed E-state index contributed by atoms with van der Waals surface area (Å²) in [5.41, 5.74) is 12.9. The van der Waals surface area contributed by atoms with E-state index >= 15 is 0 Å². The largest absolute Gasteiger partial charge is 0.480 e. The number of carbonyl (C=O) groups is 5. The number of rotatable bonds is 12. The second-order valence-electron chi connectivity index (χ2n) is 7.26. The van der Waals surface area contributed by atoms with Gasteiger partial charge in [-0.1, -0.05) is 18.2 Å². The van der Waals surface area contributed by atoms with Crippen molar-refractivity contribution in [2.75, 3.05) is 12.3 Å². The number of para-hydroxylation sites is 1. The van der Waals surface area contributed by atoms with Gasteiger partial charge in [-0.3, -0.25) is 19.2 Å². The van der Waals surface area contributed by atoms with Gasteiger partial charge in [0.2, 0.25) is 23.6 Å². The van der Waals surface area contributed by atoms with Crippen LogP contribution >= 0.6 is 12.6 Å². The zero-order chi connectivity index (χ0) is 24.5. The van der Waals surface area contributed by atoms with E-state index in [1.807, 2.05) is 24.3 Å². The van der Waals surface area contributed by atoms with Crippen LogP contribution in [-0.4, -0.2) is 70.1 Å². The number of amides is 4. The Morgan fingerprint density at radius 1 is 1.06 bits per heavy atom. The summed E-state index contributed by atoms with van der Waals surface area (Å²) < 4.78 is 0. The van der Waals surface area contributed by atoms with Crippen molar-refractivity contribution >= 4 is 53.1 Å². The third-order valence-corrected chi connectivity index (χ3v) is 5.09. The Morgan fingerprint density at radius 3 is 2.39 bits per heavy atom. The third kappa shape index (κ3) is 7.50. The summed E-state index contributed by atoms with van der Waals surface area (Å²) in [5, 5.41) is 16.6. The molecule has 2 rings (SSSR count). The van der Waals surface area contributed by atoms with E-state index in [0.717, 1.165) is 16.5 Å². The number of aromatic nitrogens is 1. The Bertz CT molecular complexity index is 1040. The first kappa shape index (κ1) is 25.7. The topological polar surface area (TPSA) is 209 Å². The van der Waals surface area contributed by atoms with Crippen molar-refractivity contribution in [1.82, 2.24) is 20.9 Å². The van der Waals surface area contributed by atoms with Gasteiger partial charge in [-0.2, -0.15) is 12.6 Å². The minimum absolute atomic E-state index is 0.149. The molecule has 33 heavy (non-hydrogen) atoms. The molecule has 0 saturated carbocycles. The van der Waals surface area contributed by atoms with Crippen LogP contribution in [0.1, 0.15) is 12.0 Å². The second kappa shape index (κ2) is 11.9. The molecular weight excluding hydrogens is 452 g/mol. The summed E-state index contributed by atoms with van der Waals surface area (Å²) in [4.78, 5) is 62.2. The Hall–Kier alpha value is -3.58. The van der Waals surface area contributed by atoms with Gasteiger partial charge in [-0.25, -0.2) is 4.79 Å². The van der Waals surface area contributed by atoms with Crippen molar-refractivity contribution in [1.29, 1.82) is 0 Å². The lowest BCUT2D eigenvalue weighted by atomic mass is 10.0. The molecule has 1 aromatic heterocycles. The van der Waals surface area contributed by atoms with Gasteiger partial charge in [-0.05, 0) is 18.1 Å². The zero-order valence-corrected chi connectivity index (χ0v) is 18.4. The summed E-state index contributed by atoms with van der Waals surface area (Å²) in [6.07, 6.45) is 1.39.